The number of rotatable bonds is 4. The fourth-order valence-corrected chi connectivity index (χ4v) is 2.46. The van der Waals surface area contributed by atoms with E-state index in [0.29, 0.717) is 0 Å². The van der Waals surface area contributed by atoms with Gasteiger partial charge in [-0.05, 0) is 19.4 Å². The first-order valence-corrected chi connectivity index (χ1v) is 6.82. The number of benzene rings is 1. The van der Waals surface area contributed by atoms with Gasteiger partial charge in [-0.3, -0.25) is 9.80 Å². The van der Waals surface area contributed by atoms with Crippen LogP contribution in [0.2, 0.25) is 0 Å². The Morgan fingerprint density at radius 3 is 2.17 bits per heavy atom. The summed E-state index contributed by atoms with van der Waals surface area (Å²) in [6.07, 6.45) is -0.214. The lowest BCUT2D eigenvalue weighted by atomic mass is 10.1. The average Bonchev–Trinajstić information content (AvgIpc) is 2.34. The van der Waals surface area contributed by atoms with Crippen LogP contribution < -0.4 is 0 Å². The van der Waals surface area contributed by atoms with Crippen molar-refractivity contribution in [3.63, 3.8) is 0 Å². The molecule has 1 atom stereocenters. The van der Waals surface area contributed by atoms with Crippen molar-refractivity contribution >= 4 is 0 Å². The molecule has 0 radical (unpaired) electrons. The largest absolute Gasteiger partial charge is 0.392 e. The van der Waals surface area contributed by atoms with Gasteiger partial charge in [-0.2, -0.15) is 0 Å². The summed E-state index contributed by atoms with van der Waals surface area (Å²) in [6, 6.07) is 8.80. The van der Waals surface area contributed by atoms with Gasteiger partial charge in [0, 0.05) is 39.3 Å². The first-order valence-electron chi connectivity index (χ1n) is 6.82. The van der Waals surface area contributed by atoms with E-state index >= 15 is 0 Å². The lowest BCUT2D eigenvalue weighted by molar-refractivity contribution is 0.0781. The molecule has 1 fully saturated rings. The molecule has 3 nitrogen and oxygen atoms in total. The Bertz CT molecular complexity index is 353. The van der Waals surface area contributed by atoms with Crippen molar-refractivity contribution in [1.29, 1.82) is 0 Å². The second-order valence-corrected chi connectivity index (χ2v) is 5.41. The Kier molecular flexibility index (Phi) is 4.75. The third-order valence-electron chi connectivity index (χ3n) is 3.51. The maximum absolute atomic E-state index is 9.38. The summed E-state index contributed by atoms with van der Waals surface area (Å²) in [4.78, 5) is 4.83. The summed E-state index contributed by atoms with van der Waals surface area (Å²) in [5, 5.41) is 9.38. The van der Waals surface area contributed by atoms with Gasteiger partial charge in [-0.15, -0.1) is 0 Å². The topological polar surface area (TPSA) is 26.7 Å². The molecule has 1 aromatic rings. The van der Waals surface area contributed by atoms with E-state index in [4.69, 9.17) is 0 Å². The summed E-state index contributed by atoms with van der Waals surface area (Å²) in [6.45, 7) is 10.2. The van der Waals surface area contributed by atoms with Gasteiger partial charge < -0.3 is 5.11 Å². The highest BCUT2D eigenvalue weighted by Gasteiger charge is 2.17. The van der Waals surface area contributed by atoms with Gasteiger partial charge in [0.1, 0.15) is 0 Å². The van der Waals surface area contributed by atoms with Crippen molar-refractivity contribution in [2.24, 2.45) is 0 Å². The summed E-state index contributed by atoms with van der Waals surface area (Å²) >= 11 is 0. The molecule has 1 saturated heterocycles. The number of aryl methyl sites for hydroxylation is 1. The molecule has 0 amide bonds. The summed E-state index contributed by atoms with van der Waals surface area (Å²) in [5.74, 6) is 0. The van der Waals surface area contributed by atoms with Gasteiger partial charge in [-0.25, -0.2) is 0 Å². The molecule has 100 valence electrons. The monoisotopic (exact) mass is 248 g/mol. The first-order chi connectivity index (χ1) is 8.63. The van der Waals surface area contributed by atoms with Crippen LogP contribution in [0.4, 0.5) is 0 Å². The van der Waals surface area contributed by atoms with Crippen molar-refractivity contribution < 1.29 is 5.11 Å². The number of piperazine rings is 1. The van der Waals surface area contributed by atoms with E-state index in [9.17, 15) is 5.11 Å². The molecule has 1 aromatic carbocycles. The zero-order chi connectivity index (χ0) is 13.0. The minimum absolute atomic E-state index is 0.214. The molecule has 1 heterocycles. The molecule has 1 N–H and O–H groups in total. The van der Waals surface area contributed by atoms with Gasteiger partial charge in [0.25, 0.3) is 0 Å². The zero-order valence-electron chi connectivity index (χ0n) is 11.5. The van der Waals surface area contributed by atoms with Crippen molar-refractivity contribution in [1.82, 2.24) is 9.80 Å². The Morgan fingerprint density at radius 2 is 1.61 bits per heavy atom. The molecule has 1 aliphatic rings. The number of nitrogens with zero attached hydrogens (tertiary/aromatic N) is 2. The number of β-amino-alcohol motifs (C(OH)–C–C–N with tert-alkyl or cyclic N) is 1. The van der Waals surface area contributed by atoms with Crippen molar-refractivity contribution in [2.45, 2.75) is 26.5 Å². The Labute approximate surface area is 110 Å². The fourth-order valence-electron chi connectivity index (χ4n) is 2.46. The van der Waals surface area contributed by atoms with Gasteiger partial charge in [0.05, 0.1) is 6.10 Å². The first kappa shape index (κ1) is 13.5. The van der Waals surface area contributed by atoms with E-state index in [1.165, 1.54) is 11.1 Å². The highest BCUT2D eigenvalue weighted by Crippen LogP contribution is 2.10. The van der Waals surface area contributed by atoms with Crippen LogP contribution in [0.5, 0.6) is 0 Å². The van der Waals surface area contributed by atoms with Crippen LogP contribution in [-0.4, -0.2) is 53.7 Å². The normalized spacial score (nSPS) is 19.9. The minimum Gasteiger partial charge on any atom is -0.392 e. The van der Waals surface area contributed by atoms with Crippen LogP contribution in [-0.2, 0) is 6.54 Å². The van der Waals surface area contributed by atoms with Crippen LogP contribution >= 0.6 is 0 Å². The predicted octanol–water partition coefficient (Wildman–Crippen LogP) is 1.49. The summed E-state index contributed by atoms with van der Waals surface area (Å²) < 4.78 is 0. The number of aliphatic hydroxyl groups is 1. The minimum atomic E-state index is -0.214. The van der Waals surface area contributed by atoms with Gasteiger partial charge in [0.2, 0.25) is 0 Å². The van der Waals surface area contributed by atoms with Gasteiger partial charge >= 0.3 is 0 Å². The molecule has 1 unspecified atom stereocenters. The molecule has 3 heteroatoms. The Morgan fingerprint density at radius 1 is 1.06 bits per heavy atom. The molecule has 0 saturated carbocycles. The predicted molar refractivity (Wildman–Crippen MR) is 74.6 cm³/mol. The van der Waals surface area contributed by atoms with Crippen LogP contribution in [0, 0.1) is 6.92 Å². The molecular formula is C15H24N2O. The van der Waals surface area contributed by atoms with E-state index in [-0.39, 0.29) is 6.10 Å². The van der Waals surface area contributed by atoms with E-state index in [1.807, 2.05) is 6.92 Å². The second-order valence-electron chi connectivity index (χ2n) is 5.41. The smallest absolute Gasteiger partial charge is 0.0639 e. The van der Waals surface area contributed by atoms with E-state index in [0.717, 1.165) is 39.3 Å². The highest BCUT2D eigenvalue weighted by atomic mass is 16.3. The van der Waals surface area contributed by atoms with Crippen LogP contribution in [0.1, 0.15) is 18.1 Å². The fraction of sp³-hybridized carbons (Fsp3) is 0.600. The molecule has 0 aromatic heterocycles. The summed E-state index contributed by atoms with van der Waals surface area (Å²) in [5.41, 5.74) is 2.71. The third kappa shape index (κ3) is 4.09. The molecule has 2 rings (SSSR count). The van der Waals surface area contributed by atoms with Gasteiger partial charge in [-0.1, -0.05) is 29.8 Å². The van der Waals surface area contributed by atoms with E-state index in [1.54, 1.807) is 0 Å². The van der Waals surface area contributed by atoms with E-state index in [2.05, 4.69) is 41.0 Å². The summed E-state index contributed by atoms with van der Waals surface area (Å²) in [7, 11) is 0. The standard InChI is InChI=1S/C15H24N2O/c1-13-3-5-15(6-4-13)12-17-9-7-16(8-10-17)11-14(2)18/h3-6,14,18H,7-12H2,1-2H3. The quantitative estimate of drug-likeness (QED) is 0.874. The SMILES string of the molecule is Cc1ccc(CN2CCN(CC(C)O)CC2)cc1. The average molecular weight is 248 g/mol. The van der Waals surface area contributed by atoms with Crippen LogP contribution in [0.15, 0.2) is 24.3 Å². The van der Waals surface area contributed by atoms with Crippen LogP contribution in [0.3, 0.4) is 0 Å². The third-order valence-corrected chi connectivity index (χ3v) is 3.51. The molecule has 0 aliphatic carbocycles. The highest BCUT2D eigenvalue weighted by molar-refractivity contribution is 5.21. The molecule has 0 bridgehead atoms. The Hall–Kier alpha value is -0.900. The zero-order valence-corrected chi connectivity index (χ0v) is 11.5. The van der Waals surface area contributed by atoms with Crippen molar-refractivity contribution in [3.05, 3.63) is 35.4 Å². The Balaban J connectivity index is 1.78. The lowest BCUT2D eigenvalue weighted by Crippen LogP contribution is -2.47. The maximum Gasteiger partial charge on any atom is 0.0639 e. The van der Waals surface area contributed by atoms with E-state index < -0.39 is 0 Å². The second kappa shape index (κ2) is 6.32. The molecular weight excluding hydrogens is 224 g/mol. The lowest BCUT2D eigenvalue weighted by Gasteiger charge is -2.35. The number of hydrogen-bond donors (Lipinski definition) is 1. The van der Waals surface area contributed by atoms with Gasteiger partial charge in [0.15, 0.2) is 0 Å². The molecule has 18 heavy (non-hydrogen) atoms. The number of hydrogen-bond acceptors (Lipinski definition) is 3. The number of aliphatic hydroxyl groups excluding tert-OH is 1. The molecule has 0 spiro atoms. The van der Waals surface area contributed by atoms with Crippen LogP contribution in [0.25, 0.3) is 0 Å². The maximum atomic E-state index is 9.38. The van der Waals surface area contributed by atoms with Crippen molar-refractivity contribution in [3.8, 4) is 0 Å². The van der Waals surface area contributed by atoms with Crippen molar-refractivity contribution in [2.75, 3.05) is 32.7 Å². The molecule has 1 aliphatic heterocycles.